The number of rotatable bonds is 2. The van der Waals surface area contributed by atoms with Crippen molar-refractivity contribution in [2.24, 2.45) is 16.3 Å². The van der Waals surface area contributed by atoms with Crippen molar-refractivity contribution in [1.82, 2.24) is 5.32 Å². The maximum Gasteiger partial charge on any atom is 0.157 e. The lowest BCUT2D eigenvalue weighted by atomic mass is 9.84. The minimum atomic E-state index is 0.294. The molecule has 110 valence electrons. The van der Waals surface area contributed by atoms with Crippen LogP contribution in [0.25, 0.3) is 0 Å². The highest BCUT2D eigenvalue weighted by Gasteiger charge is 2.28. The molecular weight excluding hydrogens is 252 g/mol. The van der Waals surface area contributed by atoms with Gasteiger partial charge in [0.05, 0.1) is 6.04 Å². The summed E-state index contributed by atoms with van der Waals surface area (Å²) in [5, 5.41) is 4.90. The van der Waals surface area contributed by atoms with Gasteiger partial charge < -0.3 is 5.32 Å². The van der Waals surface area contributed by atoms with Gasteiger partial charge in [0.1, 0.15) is 0 Å². The van der Waals surface area contributed by atoms with Gasteiger partial charge >= 0.3 is 0 Å². The van der Waals surface area contributed by atoms with E-state index < -0.39 is 0 Å². The monoisotopic (exact) mass is 282 g/mol. The zero-order valence-electron chi connectivity index (χ0n) is 13.0. The molecule has 0 radical (unpaired) electrons. The van der Waals surface area contributed by atoms with E-state index in [0.717, 1.165) is 5.92 Å². The first-order valence-corrected chi connectivity index (χ1v) is 8.92. The molecule has 1 fully saturated rings. The molecule has 19 heavy (non-hydrogen) atoms. The van der Waals surface area contributed by atoms with Crippen LogP contribution in [0.4, 0.5) is 0 Å². The summed E-state index contributed by atoms with van der Waals surface area (Å²) in [5.74, 6) is 2.07. The average molecular weight is 282 g/mol. The first kappa shape index (κ1) is 15.2. The second-order valence-corrected chi connectivity index (χ2v) is 8.37. The third kappa shape index (κ3) is 4.40. The second-order valence-electron chi connectivity index (χ2n) is 7.28. The van der Waals surface area contributed by atoms with Crippen molar-refractivity contribution in [1.29, 1.82) is 0 Å². The van der Waals surface area contributed by atoms with E-state index in [9.17, 15) is 0 Å². The molecule has 0 amide bonds. The maximum absolute atomic E-state index is 4.96. The first-order valence-electron chi connectivity index (χ1n) is 7.94. The van der Waals surface area contributed by atoms with Crippen LogP contribution in [0.3, 0.4) is 0 Å². The summed E-state index contributed by atoms with van der Waals surface area (Å²) in [4.78, 5) is 4.96. The fourth-order valence-electron chi connectivity index (χ4n) is 3.16. The third-order valence-corrected chi connectivity index (χ3v) is 5.55. The van der Waals surface area contributed by atoms with Crippen molar-refractivity contribution in [3.8, 4) is 0 Å². The smallest absolute Gasteiger partial charge is 0.157 e. The van der Waals surface area contributed by atoms with E-state index in [1.807, 2.05) is 11.8 Å². The van der Waals surface area contributed by atoms with Crippen molar-refractivity contribution in [2.75, 3.05) is 5.75 Å². The quantitative estimate of drug-likeness (QED) is 0.809. The second kappa shape index (κ2) is 6.51. The lowest BCUT2D eigenvalue weighted by Crippen LogP contribution is -2.40. The van der Waals surface area contributed by atoms with Crippen LogP contribution in [0.2, 0.25) is 0 Å². The van der Waals surface area contributed by atoms with E-state index >= 15 is 0 Å². The molecule has 1 aliphatic heterocycles. The van der Waals surface area contributed by atoms with Gasteiger partial charge in [-0.05, 0) is 37.5 Å². The molecule has 2 aliphatic rings. The van der Waals surface area contributed by atoms with Crippen LogP contribution in [0.5, 0.6) is 0 Å². The Hall–Kier alpha value is -0.180. The Morgan fingerprint density at radius 3 is 2.47 bits per heavy atom. The standard InChI is InChI=1S/C16H30N2S/c1-12(13-8-6-5-7-9-13)17-15-18-14(10-11-19-15)16(2,3)4/h12-14H,5-11H2,1-4H3,(H,17,18). The van der Waals surface area contributed by atoms with Crippen molar-refractivity contribution >= 4 is 16.9 Å². The topological polar surface area (TPSA) is 24.4 Å². The van der Waals surface area contributed by atoms with Crippen LogP contribution in [0, 0.1) is 11.3 Å². The molecule has 2 rings (SSSR count). The number of aliphatic imine (C=N–C) groups is 1. The van der Waals surface area contributed by atoms with Gasteiger partial charge in [-0.15, -0.1) is 0 Å². The Balaban J connectivity index is 1.92. The molecule has 2 nitrogen and oxygen atoms in total. The van der Waals surface area contributed by atoms with E-state index in [4.69, 9.17) is 4.99 Å². The Morgan fingerprint density at radius 2 is 1.84 bits per heavy atom. The molecule has 0 spiro atoms. The number of thioether (sulfide) groups is 1. The molecule has 0 bridgehead atoms. The van der Waals surface area contributed by atoms with Crippen LogP contribution in [0.15, 0.2) is 4.99 Å². The molecule has 1 aliphatic carbocycles. The van der Waals surface area contributed by atoms with Gasteiger partial charge in [-0.2, -0.15) is 0 Å². The molecule has 3 heteroatoms. The van der Waals surface area contributed by atoms with E-state index in [1.165, 1.54) is 49.4 Å². The Labute approximate surface area is 123 Å². The Morgan fingerprint density at radius 1 is 1.16 bits per heavy atom. The lowest BCUT2D eigenvalue weighted by Gasteiger charge is -2.34. The summed E-state index contributed by atoms with van der Waals surface area (Å²) in [6.07, 6.45) is 8.29. The van der Waals surface area contributed by atoms with Gasteiger partial charge in [-0.25, -0.2) is 0 Å². The highest BCUT2D eigenvalue weighted by molar-refractivity contribution is 8.13. The minimum Gasteiger partial charge on any atom is -0.362 e. The number of nitrogens with one attached hydrogen (secondary N) is 1. The molecule has 1 heterocycles. The molecule has 2 atom stereocenters. The van der Waals surface area contributed by atoms with E-state index in [2.05, 4.69) is 33.0 Å². The van der Waals surface area contributed by atoms with Crippen molar-refractivity contribution in [3.05, 3.63) is 0 Å². The largest absolute Gasteiger partial charge is 0.362 e. The zero-order chi connectivity index (χ0) is 13.9. The highest BCUT2D eigenvalue weighted by Crippen LogP contribution is 2.31. The van der Waals surface area contributed by atoms with Crippen molar-refractivity contribution in [2.45, 2.75) is 78.3 Å². The summed E-state index contributed by atoms with van der Waals surface area (Å²) < 4.78 is 0. The van der Waals surface area contributed by atoms with Crippen LogP contribution < -0.4 is 5.32 Å². The van der Waals surface area contributed by atoms with Gasteiger partial charge in [0.15, 0.2) is 5.17 Å². The number of amidine groups is 1. The predicted molar refractivity (Wildman–Crippen MR) is 86.9 cm³/mol. The van der Waals surface area contributed by atoms with Gasteiger partial charge in [-0.3, -0.25) is 4.99 Å². The Bertz CT molecular complexity index is 313. The number of nitrogens with zero attached hydrogens (tertiary/aromatic N) is 1. The molecule has 0 aromatic carbocycles. The molecule has 1 saturated carbocycles. The summed E-state index contributed by atoms with van der Waals surface area (Å²) in [6.45, 7) is 9.26. The first-order chi connectivity index (χ1) is 8.97. The zero-order valence-corrected chi connectivity index (χ0v) is 13.9. The Kier molecular flexibility index (Phi) is 5.22. The number of hydrogen-bond acceptors (Lipinski definition) is 3. The lowest BCUT2D eigenvalue weighted by molar-refractivity contribution is 0.298. The van der Waals surface area contributed by atoms with E-state index in [0.29, 0.717) is 17.5 Å². The molecule has 2 unspecified atom stereocenters. The van der Waals surface area contributed by atoms with E-state index in [1.54, 1.807) is 0 Å². The average Bonchev–Trinajstić information content (AvgIpc) is 2.39. The van der Waals surface area contributed by atoms with Crippen molar-refractivity contribution < 1.29 is 0 Å². The highest BCUT2D eigenvalue weighted by atomic mass is 32.2. The van der Waals surface area contributed by atoms with Gasteiger partial charge in [0.2, 0.25) is 0 Å². The summed E-state index contributed by atoms with van der Waals surface area (Å²) >= 11 is 1.91. The van der Waals surface area contributed by atoms with Crippen LogP contribution in [-0.2, 0) is 0 Å². The SMILES string of the molecule is CC(NC1=NC(C(C)(C)C)CCS1)C1CCCCC1. The van der Waals surface area contributed by atoms with Crippen molar-refractivity contribution in [3.63, 3.8) is 0 Å². The maximum atomic E-state index is 4.96. The van der Waals surface area contributed by atoms with Gasteiger partial charge in [-0.1, -0.05) is 51.8 Å². The van der Waals surface area contributed by atoms with Crippen LogP contribution in [-0.4, -0.2) is 23.0 Å². The minimum absolute atomic E-state index is 0.294. The fraction of sp³-hybridized carbons (Fsp3) is 0.938. The summed E-state index contributed by atoms with van der Waals surface area (Å²) in [7, 11) is 0. The van der Waals surface area contributed by atoms with Gasteiger partial charge in [0, 0.05) is 11.8 Å². The van der Waals surface area contributed by atoms with E-state index in [-0.39, 0.29) is 0 Å². The van der Waals surface area contributed by atoms with Gasteiger partial charge in [0.25, 0.3) is 0 Å². The molecule has 0 saturated heterocycles. The molecule has 0 aromatic heterocycles. The molecular formula is C16H30N2S. The normalized spacial score (nSPS) is 27.8. The molecule has 1 N–H and O–H groups in total. The molecule has 0 aromatic rings. The fourth-order valence-corrected chi connectivity index (χ4v) is 4.17. The number of hydrogen-bond donors (Lipinski definition) is 1. The summed E-state index contributed by atoms with van der Waals surface area (Å²) in [5.41, 5.74) is 0.294. The van der Waals surface area contributed by atoms with Crippen LogP contribution >= 0.6 is 11.8 Å². The third-order valence-electron chi connectivity index (χ3n) is 4.61. The van der Waals surface area contributed by atoms with Crippen LogP contribution in [0.1, 0.15) is 66.2 Å². The summed E-state index contributed by atoms with van der Waals surface area (Å²) in [6, 6.07) is 1.07. The predicted octanol–water partition coefficient (Wildman–Crippen LogP) is 4.45.